The largest absolute Gasteiger partial charge is 0.271 e. The second-order valence-electron chi connectivity index (χ2n) is 4.22. The Morgan fingerprint density at radius 3 is 2.50 bits per heavy atom. The first-order chi connectivity index (χ1) is 8.27. The van der Waals surface area contributed by atoms with Crippen LogP contribution in [0.4, 0.5) is 0 Å². The lowest BCUT2D eigenvalue weighted by Gasteiger charge is -2.22. The third-order valence-electron chi connectivity index (χ3n) is 2.93. The molecule has 0 bridgehead atoms. The minimum absolute atomic E-state index is 0.393. The van der Waals surface area contributed by atoms with Gasteiger partial charge in [0.05, 0.1) is 15.3 Å². The average molecular weight is 311 g/mol. The molecule has 0 saturated carbocycles. The predicted molar refractivity (Wildman–Crippen MR) is 75.6 cm³/mol. The number of sulfone groups is 1. The van der Waals surface area contributed by atoms with Crippen LogP contribution >= 0.6 is 23.2 Å². The van der Waals surface area contributed by atoms with E-state index in [4.69, 9.17) is 29.0 Å². The van der Waals surface area contributed by atoms with Crippen molar-refractivity contribution < 1.29 is 8.42 Å². The summed E-state index contributed by atoms with van der Waals surface area (Å²) in [6, 6.07) is 4.82. The molecule has 0 aliphatic carbocycles. The zero-order valence-electron chi connectivity index (χ0n) is 10.2. The van der Waals surface area contributed by atoms with Crippen LogP contribution in [-0.4, -0.2) is 26.0 Å². The Labute approximate surface area is 117 Å². The summed E-state index contributed by atoms with van der Waals surface area (Å²) in [5.74, 6) is 5.42. The third kappa shape index (κ3) is 3.83. The number of hydrogen-bond donors (Lipinski definition) is 2. The highest BCUT2D eigenvalue weighted by atomic mass is 35.5. The lowest BCUT2D eigenvalue weighted by Crippen LogP contribution is -2.47. The maximum absolute atomic E-state index is 11.5. The van der Waals surface area contributed by atoms with Crippen LogP contribution in [0.25, 0.3) is 0 Å². The molecule has 102 valence electrons. The number of halogens is 2. The first kappa shape index (κ1) is 15.7. The Morgan fingerprint density at radius 2 is 2.00 bits per heavy atom. The lowest BCUT2D eigenvalue weighted by molar-refractivity contribution is 0.494. The fraction of sp³-hybridized carbons (Fsp3) is 0.455. The maximum Gasteiger partial charge on any atom is 0.151 e. The van der Waals surface area contributed by atoms with Gasteiger partial charge >= 0.3 is 0 Å². The minimum Gasteiger partial charge on any atom is -0.271 e. The summed E-state index contributed by atoms with van der Waals surface area (Å²) >= 11 is 12.0. The van der Waals surface area contributed by atoms with Gasteiger partial charge in [-0.25, -0.2) is 8.42 Å². The van der Waals surface area contributed by atoms with Crippen molar-refractivity contribution in [2.45, 2.75) is 24.6 Å². The average Bonchev–Trinajstić information content (AvgIpc) is 2.29. The summed E-state index contributed by atoms with van der Waals surface area (Å²) < 4.78 is 23.0. The van der Waals surface area contributed by atoms with Crippen molar-refractivity contribution in [1.82, 2.24) is 5.43 Å². The summed E-state index contributed by atoms with van der Waals surface area (Å²) in [5.41, 5.74) is 3.29. The zero-order valence-corrected chi connectivity index (χ0v) is 12.5. The Balaban J connectivity index is 2.97. The molecule has 3 N–H and O–H groups in total. The van der Waals surface area contributed by atoms with Crippen LogP contribution in [0.3, 0.4) is 0 Å². The van der Waals surface area contributed by atoms with Gasteiger partial charge in [-0.3, -0.25) is 11.3 Å². The predicted octanol–water partition coefficient (Wildman–Crippen LogP) is 1.80. The Morgan fingerprint density at radius 1 is 1.39 bits per heavy atom. The molecule has 0 amide bonds. The van der Waals surface area contributed by atoms with Gasteiger partial charge < -0.3 is 0 Å². The smallest absolute Gasteiger partial charge is 0.151 e. The summed E-state index contributed by atoms with van der Waals surface area (Å²) in [5, 5.41) is 0.259. The topological polar surface area (TPSA) is 72.2 Å². The van der Waals surface area contributed by atoms with Gasteiger partial charge in [0.25, 0.3) is 0 Å². The lowest BCUT2D eigenvalue weighted by atomic mass is 10.0. The monoisotopic (exact) mass is 310 g/mol. The SMILES string of the molecule is CC(C(Cc1cccc(Cl)c1Cl)NN)S(C)(=O)=O. The Kier molecular flexibility index (Phi) is 5.43. The first-order valence-electron chi connectivity index (χ1n) is 5.35. The van der Waals surface area contributed by atoms with Crippen LogP contribution in [0.1, 0.15) is 12.5 Å². The molecule has 0 aliphatic rings. The van der Waals surface area contributed by atoms with Gasteiger partial charge in [0.15, 0.2) is 9.84 Å². The molecule has 1 aromatic rings. The van der Waals surface area contributed by atoms with E-state index in [1.807, 2.05) is 0 Å². The second kappa shape index (κ2) is 6.21. The number of nitrogens with two attached hydrogens (primary N) is 1. The van der Waals surface area contributed by atoms with Crippen molar-refractivity contribution in [3.05, 3.63) is 33.8 Å². The molecule has 0 radical (unpaired) electrons. The fourth-order valence-corrected chi connectivity index (χ4v) is 2.77. The summed E-state index contributed by atoms with van der Waals surface area (Å²) in [6.45, 7) is 1.61. The Bertz CT molecular complexity index is 520. The highest BCUT2D eigenvalue weighted by Crippen LogP contribution is 2.27. The second-order valence-corrected chi connectivity index (χ2v) is 7.41. The van der Waals surface area contributed by atoms with Crippen LogP contribution in [-0.2, 0) is 16.3 Å². The van der Waals surface area contributed by atoms with Crippen LogP contribution in [0.15, 0.2) is 18.2 Å². The van der Waals surface area contributed by atoms with E-state index < -0.39 is 21.1 Å². The van der Waals surface area contributed by atoms with Gasteiger partial charge in [0, 0.05) is 12.3 Å². The molecule has 0 saturated heterocycles. The van der Waals surface area contributed by atoms with Crippen LogP contribution in [0.5, 0.6) is 0 Å². The summed E-state index contributed by atoms with van der Waals surface area (Å²) in [6.07, 6.45) is 1.58. The van der Waals surface area contributed by atoms with E-state index in [-0.39, 0.29) is 0 Å². The van der Waals surface area contributed by atoms with Gasteiger partial charge in [-0.2, -0.15) is 0 Å². The number of nitrogens with one attached hydrogen (secondary N) is 1. The van der Waals surface area contributed by atoms with E-state index in [0.29, 0.717) is 16.5 Å². The van der Waals surface area contributed by atoms with E-state index in [1.54, 1.807) is 25.1 Å². The van der Waals surface area contributed by atoms with Crippen molar-refractivity contribution in [3.8, 4) is 0 Å². The zero-order chi connectivity index (χ0) is 13.9. The molecule has 0 aromatic heterocycles. The molecule has 4 nitrogen and oxygen atoms in total. The molecule has 18 heavy (non-hydrogen) atoms. The molecular weight excluding hydrogens is 295 g/mol. The molecule has 7 heteroatoms. The molecular formula is C11H16Cl2N2O2S. The van der Waals surface area contributed by atoms with Gasteiger partial charge in [-0.1, -0.05) is 35.3 Å². The highest BCUT2D eigenvalue weighted by Gasteiger charge is 2.26. The van der Waals surface area contributed by atoms with Gasteiger partial charge in [0.1, 0.15) is 0 Å². The van der Waals surface area contributed by atoms with Crippen molar-refractivity contribution in [2.24, 2.45) is 5.84 Å². The van der Waals surface area contributed by atoms with Crippen molar-refractivity contribution in [3.63, 3.8) is 0 Å². The molecule has 2 atom stereocenters. The molecule has 0 heterocycles. The van der Waals surface area contributed by atoms with E-state index >= 15 is 0 Å². The number of rotatable bonds is 5. The summed E-state index contributed by atoms with van der Waals surface area (Å²) in [4.78, 5) is 0. The van der Waals surface area contributed by atoms with Gasteiger partial charge in [-0.15, -0.1) is 0 Å². The normalized spacial score (nSPS) is 15.4. The Hall–Kier alpha value is -0.330. The van der Waals surface area contributed by atoms with Crippen molar-refractivity contribution in [1.29, 1.82) is 0 Å². The molecule has 1 rings (SSSR count). The van der Waals surface area contributed by atoms with E-state index in [2.05, 4.69) is 5.43 Å². The molecule has 0 spiro atoms. The molecule has 0 aliphatic heterocycles. The van der Waals surface area contributed by atoms with Crippen molar-refractivity contribution >= 4 is 33.0 Å². The number of hydrazine groups is 1. The fourth-order valence-electron chi connectivity index (χ4n) is 1.60. The molecule has 1 aromatic carbocycles. The standard InChI is InChI=1S/C11H16Cl2N2O2S/c1-7(18(2,16)17)10(15-14)6-8-4-3-5-9(12)11(8)13/h3-5,7,10,15H,6,14H2,1-2H3. The maximum atomic E-state index is 11.5. The van der Waals surface area contributed by atoms with E-state index in [1.165, 1.54) is 6.26 Å². The minimum atomic E-state index is -3.18. The van der Waals surface area contributed by atoms with Crippen LogP contribution < -0.4 is 11.3 Å². The molecule has 0 fully saturated rings. The van der Waals surface area contributed by atoms with Gasteiger partial charge in [-0.05, 0) is 25.0 Å². The molecule has 2 unspecified atom stereocenters. The quantitative estimate of drug-likeness (QED) is 0.642. The number of benzene rings is 1. The van der Waals surface area contributed by atoms with Crippen LogP contribution in [0.2, 0.25) is 10.0 Å². The summed E-state index contributed by atoms with van der Waals surface area (Å²) in [7, 11) is -3.18. The van der Waals surface area contributed by atoms with Crippen molar-refractivity contribution in [2.75, 3.05) is 6.26 Å². The first-order valence-corrected chi connectivity index (χ1v) is 8.06. The number of hydrogen-bond acceptors (Lipinski definition) is 4. The van der Waals surface area contributed by atoms with E-state index in [0.717, 1.165) is 5.56 Å². The van der Waals surface area contributed by atoms with E-state index in [9.17, 15) is 8.42 Å². The highest BCUT2D eigenvalue weighted by molar-refractivity contribution is 7.91. The van der Waals surface area contributed by atoms with Crippen LogP contribution in [0, 0.1) is 0 Å². The third-order valence-corrected chi connectivity index (χ3v) is 5.46. The van der Waals surface area contributed by atoms with Gasteiger partial charge in [0.2, 0.25) is 0 Å².